The molecular weight excluding hydrogens is 485 g/mol. The van der Waals surface area contributed by atoms with Crippen molar-refractivity contribution in [3.05, 3.63) is 59.2 Å². The van der Waals surface area contributed by atoms with Crippen LogP contribution in [0.4, 0.5) is 11.4 Å². The van der Waals surface area contributed by atoms with Gasteiger partial charge in [0.25, 0.3) is 0 Å². The number of nitrogens with two attached hydrogens (primary N) is 4. The number of halogens is 1. The minimum absolute atomic E-state index is 0.175. The predicted molar refractivity (Wildman–Crippen MR) is 122 cm³/mol. The highest BCUT2D eigenvalue weighted by atomic mass is 127. The quantitative estimate of drug-likeness (QED) is 0.0966. The molecule has 1 aliphatic rings. The second-order valence-corrected chi connectivity index (χ2v) is 7.32. The molecule has 10 nitrogen and oxygen atoms in total. The molecule has 0 amide bonds. The van der Waals surface area contributed by atoms with Crippen LogP contribution in [-0.4, -0.2) is 33.4 Å². The Morgan fingerprint density at radius 1 is 1.31 bits per heavy atom. The van der Waals surface area contributed by atoms with Crippen LogP contribution >= 0.6 is 22.9 Å². The molecule has 0 unspecified atom stereocenters. The van der Waals surface area contributed by atoms with E-state index < -0.39 is 0 Å². The molecule has 0 saturated heterocycles. The number of amidine groups is 1. The first-order valence-corrected chi connectivity index (χ1v) is 9.54. The van der Waals surface area contributed by atoms with Crippen molar-refractivity contribution >= 4 is 45.8 Å². The lowest BCUT2D eigenvalue weighted by Gasteiger charge is -2.33. The van der Waals surface area contributed by atoms with Crippen LogP contribution < -0.4 is 32.8 Å². The first kappa shape index (κ1) is 20.8. The standard InChI is InChI=1S/C18H22IN9O/c1-29-14-7-12(21)11(8-20)6-13(14)28(24)18-15(17(23)26-9-27(18)19)16(22)10-2-4-25-5-3-10/h2-7,22H,8-9,20-21,24H2,1H3,(H2,23,26). The van der Waals surface area contributed by atoms with Gasteiger partial charge in [0.15, 0.2) is 0 Å². The summed E-state index contributed by atoms with van der Waals surface area (Å²) in [5.41, 5.74) is 21.0. The van der Waals surface area contributed by atoms with Gasteiger partial charge in [-0.15, -0.1) is 0 Å². The smallest absolute Gasteiger partial charge is 0.147 e. The molecule has 9 N–H and O–H groups in total. The van der Waals surface area contributed by atoms with Crippen molar-refractivity contribution in [1.29, 1.82) is 5.41 Å². The van der Waals surface area contributed by atoms with Crippen molar-refractivity contribution in [3.8, 4) is 5.75 Å². The molecule has 3 rings (SSSR count). The summed E-state index contributed by atoms with van der Waals surface area (Å²) in [6.45, 7) is 0.524. The number of hydrogen-bond acceptors (Lipinski definition) is 10. The second-order valence-electron chi connectivity index (χ2n) is 6.15. The predicted octanol–water partition coefficient (Wildman–Crippen LogP) is 1.07. The number of aliphatic imine (C=N–C) groups is 1. The molecular formula is C18H22IN9O. The van der Waals surface area contributed by atoms with Crippen molar-refractivity contribution in [1.82, 2.24) is 8.10 Å². The number of nitrogens with one attached hydrogen (secondary N) is 1. The lowest BCUT2D eigenvalue weighted by Crippen LogP contribution is -2.43. The molecule has 1 aromatic carbocycles. The van der Waals surface area contributed by atoms with E-state index in [-0.39, 0.29) is 24.8 Å². The molecule has 152 valence electrons. The summed E-state index contributed by atoms with van der Waals surface area (Å²) in [6, 6.07) is 6.89. The highest BCUT2D eigenvalue weighted by molar-refractivity contribution is 14.1. The number of rotatable bonds is 6. The van der Waals surface area contributed by atoms with Gasteiger partial charge in [-0.25, -0.2) is 10.8 Å². The van der Waals surface area contributed by atoms with Crippen LogP contribution in [0.3, 0.4) is 0 Å². The van der Waals surface area contributed by atoms with Gasteiger partial charge in [0.1, 0.15) is 29.8 Å². The number of hydrazine groups is 1. The van der Waals surface area contributed by atoms with Crippen LogP contribution in [0.1, 0.15) is 11.1 Å². The number of nitrogens with zero attached hydrogens (tertiary/aromatic N) is 4. The van der Waals surface area contributed by atoms with Gasteiger partial charge in [-0.05, 0) is 23.8 Å². The van der Waals surface area contributed by atoms with Crippen LogP contribution in [-0.2, 0) is 6.54 Å². The molecule has 2 heterocycles. The maximum atomic E-state index is 8.71. The minimum Gasteiger partial charge on any atom is -0.494 e. The number of anilines is 2. The van der Waals surface area contributed by atoms with Crippen LogP contribution in [0.25, 0.3) is 0 Å². The van der Waals surface area contributed by atoms with E-state index in [1.54, 1.807) is 39.8 Å². The van der Waals surface area contributed by atoms with Gasteiger partial charge < -0.3 is 21.9 Å². The second kappa shape index (κ2) is 8.63. The molecule has 29 heavy (non-hydrogen) atoms. The van der Waals surface area contributed by atoms with Gasteiger partial charge in [-0.2, -0.15) is 0 Å². The Bertz CT molecular complexity index is 990. The Labute approximate surface area is 182 Å². The molecule has 0 saturated carbocycles. The lowest BCUT2D eigenvalue weighted by atomic mass is 10.0. The van der Waals surface area contributed by atoms with E-state index in [9.17, 15) is 0 Å². The summed E-state index contributed by atoms with van der Waals surface area (Å²) in [5, 5.41) is 10.1. The van der Waals surface area contributed by atoms with Crippen LogP contribution in [0.5, 0.6) is 5.75 Å². The van der Waals surface area contributed by atoms with Crippen molar-refractivity contribution in [2.24, 2.45) is 22.3 Å². The summed E-state index contributed by atoms with van der Waals surface area (Å²) in [6.07, 6.45) is 3.22. The number of nitrogen functional groups attached to an aromatic ring is 1. The highest BCUT2D eigenvalue weighted by Crippen LogP contribution is 2.36. The molecule has 11 heteroatoms. The fourth-order valence-electron chi connectivity index (χ4n) is 2.93. The Morgan fingerprint density at radius 2 is 2.00 bits per heavy atom. The zero-order valence-electron chi connectivity index (χ0n) is 15.8. The zero-order chi connectivity index (χ0) is 21.1. The normalized spacial score (nSPS) is 13.9. The molecule has 1 aromatic heterocycles. The lowest BCUT2D eigenvalue weighted by molar-refractivity contribution is 0.414. The molecule has 0 radical (unpaired) electrons. The minimum atomic E-state index is 0.175. The monoisotopic (exact) mass is 507 g/mol. The number of ether oxygens (including phenoxy) is 1. The molecule has 2 aromatic rings. The summed E-state index contributed by atoms with van der Waals surface area (Å²) >= 11 is 2.08. The molecule has 0 aliphatic carbocycles. The van der Waals surface area contributed by atoms with E-state index in [2.05, 4.69) is 32.8 Å². The van der Waals surface area contributed by atoms with E-state index >= 15 is 0 Å². The number of pyridine rings is 1. The van der Waals surface area contributed by atoms with Crippen molar-refractivity contribution in [2.45, 2.75) is 6.54 Å². The Hall–Kier alpha value is -2.90. The first-order chi connectivity index (χ1) is 13.9. The van der Waals surface area contributed by atoms with Gasteiger partial charge in [-0.3, -0.25) is 18.5 Å². The van der Waals surface area contributed by atoms with Crippen LogP contribution in [0.2, 0.25) is 0 Å². The maximum absolute atomic E-state index is 8.71. The van der Waals surface area contributed by atoms with Gasteiger partial charge in [0.05, 0.1) is 41.3 Å². The largest absolute Gasteiger partial charge is 0.494 e. The number of aromatic nitrogens is 1. The SMILES string of the molecule is COc1cc(N)c(CN)cc1N(N)C1=C(C(=N)c2ccncc2)C(N)=NCN1I. The summed E-state index contributed by atoms with van der Waals surface area (Å²) in [5.74, 6) is 7.71. The van der Waals surface area contributed by atoms with E-state index in [0.29, 0.717) is 34.1 Å². The average molecular weight is 507 g/mol. The number of hydrogen-bond donors (Lipinski definition) is 5. The van der Waals surface area contributed by atoms with Crippen LogP contribution in [0, 0.1) is 5.41 Å². The fourth-order valence-corrected chi connectivity index (χ4v) is 3.56. The third-order valence-electron chi connectivity index (χ3n) is 4.44. The third kappa shape index (κ3) is 3.97. The Kier molecular flexibility index (Phi) is 6.20. The van der Waals surface area contributed by atoms with Crippen molar-refractivity contribution < 1.29 is 4.74 Å². The molecule has 0 bridgehead atoms. The fraction of sp³-hybridized carbons (Fsp3) is 0.167. The summed E-state index contributed by atoms with van der Waals surface area (Å²) < 4.78 is 7.25. The summed E-state index contributed by atoms with van der Waals surface area (Å²) in [4.78, 5) is 8.30. The van der Waals surface area contributed by atoms with Gasteiger partial charge >= 0.3 is 0 Å². The first-order valence-electron chi connectivity index (χ1n) is 8.57. The van der Waals surface area contributed by atoms with Crippen LogP contribution in [0.15, 0.2) is 53.0 Å². The highest BCUT2D eigenvalue weighted by Gasteiger charge is 2.30. The van der Waals surface area contributed by atoms with E-state index in [1.807, 2.05) is 0 Å². The van der Waals surface area contributed by atoms with Crippen molar-refractivity contribution in [2.75, 3.05) is 24.5 Å². The van der Waals surface area contributed by atoms with Gasteiger partial charge in [0.2, 0.25) is 0 Å². The number of benzene rings is 1. The number of methoxy groups -OCH3 is 1. The zero-order valence-corrected chi connectivity index (χ0v) is 17.9. The summed E-state index contributed by atoms with van der Waals surface area (Å²) in [7, 11) is 1.53. The molecule has 0 fully saturated rings. The van der Waals surface area contributed by atoms with E-state index in [4.69, 9.17) is 33.2 Å². The van der Waals surface area contributed by atoms with E-state index in [0.717, 1.165) is 5.56 Å². The molecule has 0 atom stereocenters. The van der Waals surface area contributed by atoms with E-state index in [1.165, 1.54) is 12.1 Å². The van der Waals surface area contributed by atoms with Gasteiger partial charge in [-0.1, -0.05) is 0 Å². The van der Waals surface area contributed by atoms with Crippen molar-refractivity contribution in [3.63, 3.8) is 0 Å². The Balaban J connectivity index is 2.19. The average Bonchev–Trinajstić information content (AvgIpc) is 2.74. The Morgan fingerprint density at radius 3 is 2.62 bits per heavy atom. The maximum Gasteiger partial charge on any atom is 0.147 e. The topological polar surface area (TPSA) is 169 Å². The molecule has 0 spiro atoms. The molecule has 1 aliphatic heterocycles. The third-order valence-corrected chi connectivity index (χ3v) is 5.20. The van der Waals surface area contributed by atoms with Gasteiger partial charge in [0, 0.05) is 36.3 Å².